The van der Waals surface area contributed by atoms with Gasteiger partial charge in [-0.05, 0) is 35.9 Å². The van der Waals surface area contributed by atoms with Crippen molar-refractivity contribution in [1.82, 2.24) is 0 Å². The van der Waals surface area contributed by atoms with Crippen molar-refractivity contribution in [2.75, 3.05) is 0 Å². The van der Waals surface area contributed by atoms with Crippen molar-refractivity contribution in [3.8, 4) is 23.6 Å². The van der Waals surface area contributed by atoms with Gasteiger partial charge in [0.15, 0.2) is 11.6 Å². The molecule has 0 saturated heterocycles. The van der Waals surface area contributed by atoms with Crippen LogP contribution in [0.1, 0.15) is 5.56 Å². The Kier molecular flexibility index (Phi) is 4.11. The third-order valence-electron chi connectivity index (χ3n) is 2.48. The fraction of sp³-hybridized carbons (Fsp3) is 0. The lowest BCUT2D eigenvalue weighted by Gasteiger charge is -2.07. The Bertz CT molecular complexity index is 708. The van der Waals surface area contributed by atoms with Crippen LogP contribution < -0.4 is 4.74 Å². The highest BCUT2D eigenvalue weighted by Gasteiger charge is 2.06. The van der Waals surface area contributed by atoms with Crippen LogP contribution in [0.15, 0.2) is 54.1 Å². The van der Waals surface area contributed by atoms with Crippen molar-refractivity contribution in [2.45, 2.75) is 0 Å². The molecule has 0 unspecified atom stereocenters. The van der Waals surface area contributed by atoms with Gasteiger partial charge < -0.3 is 4.74 Å². The summed E-state index contributed by atoms with van der Waals surface area (Å²) in [5, 5.41) is 17.4. The molecule has 0 radical (unpaired) electrons. The number of hydrogen-bond donors (Lipinski definition) is 0. The van der Waals surface area contributed by atoms with Crippen molar-refractivity contribution < 1.29 is 9.13 Å². The summed E-state index contributed by atoms with van der Waals surface area (Å²) >= 11 is 0. The van der Waals surface area contributed by atoms with E-state index in [1.807, 2.05) is 6.07 Å². The molecule has 0 atom stereocenters. The lowest BCUT2D eigenvalue weighted by Crippen LogP contribution is -1.89. The maximum Gasteiger partial charge on any atom is 0.165 e. The number of nitrogens with zero attached hydrogens (tertiary/aromatic N) is 2. The van der Waals surface area contributed by atoms with E-state index in [2.05, 4.69) is 0 Å². The van der Waals surface area contributed by atoms with E-state index < -0.39 is 5.82 Å². The maximum absolute atomic E-state index is 13.7. The van der Waals surface area contributed by atoms with Crippen LogP contribution in [-0.2, 0) is 0 Å². The molecule has 0 fully saturated rings. The Morgan fingerprint density at radius 1 is 1.05 bits per heavy atom. The van der Waals surface area contributed by atoms with Crippen LogP contribution in [-0.4, -0.2) is 0 Å². The van der Waals surface area contributed by atoms with Gasteiger partial charge in [0.1, 0.15) is 23.5 Å². The molecule has 0 heterocycles. The highest BCUT2D eigenvalue weighted by molar-refractivity contribution is 5.63. The van der Waals surface area contributed by atoms with Crippen molar-refractivity contribution in [1.29, 1.82) is 10.5 Å². The molecule has 0 aliphatic carbocycles. The van der Waals surface area contributed by atoms with Gasteiger partial charge in [-0.3, -0.25) is 0 Å². The molecule has 2 aromatic rings. The molecule has 0 N–H and O–H groups in total. The summed E-state index contributed by atoms with van der Waals surface area (Å²) < 4.78 is 19.1. The molecule has 0 saturated carbocycles. The number of para-hydroxylation sites is 1. The second-order valence-corrected chi connectivity index (χ2v) is 3.89. The molecular formula is C16H9FN2O. The van der Waals surface area contributed by atoms with Crippen LogP contribution in [0.5, 0.6) is 11.5 Å². The quantitative estimate of drug-likeness (QED) is 0.786. The number of rotatable bonds is 3. The molecule has 4 heteroatoms. The van der Waals surface area contributed by atoms with Gasteiger partial charge in [0.25, 0.3) is 0 Å². The van der Waals surface area contributed by atoms with Gasteiger partial charge >= 0.3 is 0 Å². The van der Waals surface area contributed by atoms with E-state index in [0.29, 0.717) is 11.3 Å². The summed E-state index contributed by atoms with van der Waals surface area (Å²) in [5.41, 5.74) is 0.470. The van der Waals surface area contributed by atoms with Crippen LogP contribution >= 0.6 is 0 Å². The van der Waals surface area contributed by atoms with Gasteiger partial charge in [-0.2, -0.15) is 10.5 Å². The van der Waals surface area contributed by atoms with E-state index in [0.717, 1.165) is 0 Å². The monoisotopic (exact) mass is 264 g/mol. The lowest BCUT2D eigenvalue weighted by molar-refractivity contribution is 0.442. The zero-order valence-corrected chi connectivity index (χ0v) is 10.4. The average Bonchev–Trinajstić information content (AvgIpc) is 2.49. The third-order valence-corrected chi connectivity index (χ3v) is 2.48. The van der Waals surface area contributed by atoms with Crippen molar-refractivity contribution in [2.24, 2.45) is 0 Å². The second-order valence-electron chi connectivity index (χ2n) is 3.89. The number of hydrogen-bond acceptors (Lipinski definition) is 3. The Morgan fingerprint density at radius 2 is 1.75 bits per heavy atom. The first-order valence-electron chi connectivity index (χ1n) is 5.77. The van der Waals surface area contributed by atoms with Crippen molar-refractivity contribution in [3.05, 3.63) is 65.5 Å². The molecule has 0 aliphatic rings. The molecule has 0 bridgehead atoms. The van der Waals surface area contributed by atoms with Crippen LogP contribution in [0, 0.1) is 28.5 Å². The van der Waals surface area contributed by atoms with Gasteiger partial charge in [-0.15, -0.1) is 0 Å². The largest absolute Gasteiger partial charge is 0.454 e. The van der Waals surface area contributed by atoms with Crippen molar-refractivity contribution >= 4 is 6.08 Å². The summed E-state index contributed by atoms with van der Waals surface area (Å²) in [6.45, 7) is 0. The number of ether oxygens (including phenoxy) is 1. The molecule has 20 heavy (non-hydrogen) atoms. The Labute approximate surface area is 115 Å². The molecule has 3 nitrogen and oxygen atoms in total. The summed E-state index contributed by atoms with van der Waals surface area (Å²) in [7, 11) is 0. The van der Waals surface area contributed by atoms with Crippen LogP contribution in [0.3, 0.4) is 0 Å². The topological polar surface area (TPSA) is 56.8 Å². The maximum atomic E-state index is 13.7. The highest BCUT2D eigenvalue weighted by Crippen LogP contribution is 2.26. The highest BCUT2D eigenvalue weighted by atomic mass is 19.1. The van der Waals surface area contributed by atoms with Crippen LogP contribution in [0.2, 0.25) is 0 Å². The minimum absolute atomic E-state index is 0.0418. The van der Waals surface area contributed by atoms with E-state index in [4.69, 9.17) is 15.3 Å². The molecular weight excluding hydrogens is 255 g/mol. The second kappa shape index (κ2) is 6.17. The van der Waals surface area contributed by atoms with Crippen LogP contribution in [0.4, 0.5) is 4.39 Å². The average molecular weight is 264 g/mol. The van der Waals surface area contributed by atoms with Gasteiger partial charge in [-0.1, -0.05) is 24.3 Å². The first-order valence-corrected chi connectivity index (χ1v) is 5.77. The normalized spacial score (nSPS) is 9.15. The predicted molar refractivity (Wildman–Crippen MR) is 72.1 cm³/mol. The fourth-order valence-corrected chi connectivity index (χ4v) is 1.56. The first kappa shape index (κ1) is 13.3. The van der Waals surface area contributed by atoms with E-state index in [1.165, 1.54) is 24.3 Å². The molecule has 0 aromatic heterocycles. The van der Waals surface area contributed by atoms with Gasteiger partial charge in [-0.25, -0.2) is 4.39 Å². The van der Waals surface area contributed by atoms with Gasteiger partial charge in [0.05, 0.1) is 0 Å². The summed E-state index contributed by atoms with van der Waals surface area (Å²) in [6, 6.07) is 16.4. The third kappa shape index (κ3) is 3.22. The van der Waals surface area contributed by atoms with Crippen LogP contribution in [0.25, 0.3) is 6.08 Å². The SMILES string of the molecule is N#CC(C#N)=Cc1ccc(F)c(Oc2ccccc2)c1. The zero-order valence-electron chi connectivity index (χ0n) is 10.4. The first-order chi connectivity index (χ1) is 9.72. The minimum Gasteiger partial charge on any atom is -0.454 e. The van der Waals surface area contributed by atoms with E-state index in [1.54, 1.807) is 36.4 Å². The lowest BCUT2D eigenvalue weighted by atomic mass is 10.1. The molecule has 0 aliphatic heterocycles. The van der Waals surface area contributed by atoms with Gasteiger partial charge in [0.2, 0.25) is 0 Å². The number of allylic oxidation sites excluding steroid dienone is 1. The predicted octanol–water partition coefficient (Wildman–Crippen LogP) is 4.05. The fourth-order valence-electron chi connectivity index (χ4n) is 1.56. The number of halogens is 1. The molecule has 0 spiro atoms. The molecule has 2 rings (SSSR count). The standard InChI is InChI=1S/C16H9FN2O/c17-15-7-6-12(8-13(10-18)11-19)9-16(15)20-14-4-2-1-3-5-14/h1-9H. The summed E-state index contributed by atoms with van der Waals surface area (Å²) in [4.78, 5) is 0. The van der Waals surface area contributed by atoms with E-state index >= 15 is 0 Å². The zero-order chi connectivity index (χ0) is 14.4. The number of nitriles is 2. The van der Waals surface area contributed by atoms with Crippen molar-refractivity contribution in [3.63, 3.8) is 0 Å². The molecule has 0 amide bonds. The molecule has 2 aromatic carbocycles. The van der Waals surface area contributed by atoms with E-state index in [-0.39, 0.29) is 11.3 Å². The Balaban J connectivity index is 2.33. The van der Waals surface area contributed by atoms with Gasteiger partial charge in [0, 0.05) is 0 Å². The Morgan fingerprint density at radius 3 is 2.40 bits per heavy atom. The smallest absolute Gasteiger partial charge is 0.165 e. The number of benzene rings is 2. The summed E-state index contributed by atoms with van der Waals surface area (Å²) in [6.07, 6.45) is 1.37. The summed E-state index contributed by atoms with van der Waals surface area (Å²) in [5.74, 6) is 0.0370. The van der Waals surface area contributed by atoms with E-state index in [9.17, 15) is 4.39 Å². The Hall–Kier alpha value is -3.11. The molecule has 96 valence electrons. The minimum atomic E-state index is -0.513.